The molecule has 0 spiro atoms. The lowest BCUT2D eigenvalue weighted by Gasteiger charge is -2.29. The fraction of sp³-hybridized carbons (Fsp3) is 0.188. The topological polar surface area (TPSA) is 20.3 Å². The molecule has 2 aromatic carbocycles. The van der Waals surface area contributed by atoms with Gasteiger partial charge in [0.05, 0.1) is 0 Å². The second-order valence-electron chi connectivity index (χ2n) is 4.74. The molecular weight excluding hydrogens is 254 g/mol. The summed E-state index contributed by atoms with van der Waals surface area (Å²) in [7, 11) is 0. The van der Waals surface area contributed by atoms with Crippen molar-refractivity contribution >= 4 is 24.2 Å². The Bertz CT molecular complexity index is 624. The standard InChI is InChI=1S/C16H15NOS/c18-16(13-6-3-8-14(19)11-13)17-10-4-7-12-5-1-2-9-15(12)17/h1-3,5-6,8-9,11,19H,4,7,10H2. The number of fused-ring (bicyclic) bond motifs is 1. The van der Waals surface area contributed by atoms with Crippen LogP contribution < -0.4 is 4.90 Å². The fourth-order valence-corrected chi connectivity index (χ4v) is 2.76. The first kappa shape index (κ1) is 12.3. The van der Waals surface area contributed by atoms with E-state index in [-0.39, 0.29) is 5.91 Å². The smallest absolute Gasteiger partial charge is 0.258 e. The first-order chi connectivity index (χ1) is 9.25. The summed E-state index contributed by atoms with van der Waals surface area (Å²) >= 11 is 4.30. The van der Waals surface area contributed by atoms with Gasteiger partial charge in [-0.05, 0) is 42.7 Å². The highest BCUT2D eigenvalue weighted by Crippen LogP contribution is 2.28. The van der Waals surface area contributed by atoms with Gasteiger partial charge in [-0.15, -0.1) is 12.6 Å². The van der Waals surface area contributed by atoms with Crippen molar-refractivity contribution in [3.8, 4) is 0 Å². The Morgan fingerprint density at radius 1 is 1.11 bits per heavy atom. The summed E-state index contributed by atoms with van der Waals surface area (Å²) in [4.78, 5) is 15.3. The number of benzene rings is 2. The summed E-state index contributed by atoms with van der Waals surface area (Å²) in [5.74, 6) is 0.0584. The lowest BCUT2D eigenvalue weighted by atomic mass is 10.0. The van der Waals surface area contributed by atoms with Crippen molar-refractivity contribution in [2.45, 2.75) is 17.7 Å². The van der Waals surface area contributed by atoms with E-state index >= 15 is 0 Å². The first-order valence-corrected chi connectivity index (χ1v) is 6.89. The van der Waals surface area contributed by atoms with E-state index in [1.54, 1.807) is 0 Å². The van der Waals surface area contributed by atoms with Crippen molar-refractivity contribution < 1.29 is 4.79 Å². The third kappa shape index (κ3) is 2.38. The van der Waals surface area contributed by atoms with Crippen LogP contribution in [0.4, 0.5) is 5.69 Å². The van der Waals surface area contributed by atoms with E-state index in [0.717, 1.165) is 30.0 Å². The molecule has 19 heavy (non-hydrogen) atoms. The molecule has 0 bridgehead atoms. The molecule has 0 fully saturated rings. The number of carbonyl (C=O) groups excluding carboxylic acids is 1. The summed E-state index contributed by atoms with van der Waals surface area (Å²) in [6, 6.07) is 15.6. The number of hydrogen-bond donors (Lipinski definition) is 1. The van der Waals surface area contributed by atoms with E-state index in [9.17, 15) is 4.79 Å². The Labute approximate surface area is 118 Å². The van der Waals surface area contributed by atoms with Crippen molar-refractivity contribution in [3.05, 3.63) is 59.7 Å². The number of anilines is 1. The lowest BCUT2D eigenvalue weighted by molar-refractivity contribution is 0.0985. The molecule has 2 nitrogen and oxygen atoms in total. The summed E-state index contributed by atoms with van der Waals surface area (Å²) < 4.78 is 0. The molecule has 2 aromatic rings. The molecule has 3 rings (SSSR count). The average Bonchev–Trinajstić information content (AvgIpc) is 2.46. The zero-order chi connectivity index (χ0) is 13.2. The molecule has 0 aliphatic carbocycles. The van der Waals surface area contributed by atoms with E-state index in [2.05, 4.69) is 18.7 Å². The number of amides is 1. The fourth-order valence-electron chi connectivity index (χ4n) is 2.54. The zero-order valence-corrected chi connectivity index (χ0v) is 11.4. The van der Waals surface area contributed by atoms with Gasteiger partial charge in [0.2, 0.25) is 0 Å². The van der Waals surface area contributed by atoms with Crippen LogP contribution >= 0.6 is 12.6 Å². The molecule has 96 valence electrons. The molecular formula is C16H15NOS. The minimum Gasteiger partial charge on any atom is -0.308 e. The highest BCUT2D eigenvalue weighted by Gasteiger charge is 2.23. The van der Waals surface area contributed by atoms with Crippen LogP contribution in [0.3, 0.4) is 0 Å². The second-order valence-corrected chi connectivity index (χ2v) is 5.26. The highest BCUT2D eigenvalue weighted by molar-refractivity contribution is 7.80. The predicted molar refractivity (Wildman–Crippen MR) is 80.1 cm³/mol. The van der Waals surface area contributed by atoms with Gasteiger partial charge in [-0.25, -0.2) is 0 Å². The zero-order valence-electron chi connectivity index (χ0n) is 10.5. The SMILES string of the molecule is O=C(c1cccc(S)c1)N1CCCc2ccccc21. The maximum absolute atomic E-state index is 12.6. The number of para-hydroxylation sites is 1. The highest BCUT2D eigenvalue weighted by atomic mass is 32.1. The summed E-state index contributed by atoms with van der Waals surface area (Å²) in [6.45, 7) is 0.784. The van der Waals surface area contributed by atoms with Crippen LogP contribution in [0.25, 0.3) is 0 Å². The molecule has 0 saturated heterocycles. The van der Waals surface area contributed by atoms with Crippen molar-refractivity contribution in [2.24, 2.45) is 0 Å². The maximum Gasteiger partial charge on any atom is 0.258 e. The quantitative estimate of drug-likeness (QED) is 0.785. The largest absolute Gasteiger partial charge is 0.308 e. The van der Waals surface area contributed by atoms with Crippen molar-refractivity contribution in [1.29, 1.82) is 0 Å². The Balaban J connectivity index is 1.98. The van der Waals surface area contributed by atoms with Gasteiger partial charge in [-0.2, -0.15) is 0 Å². The van der Waals surface area contributed by atoms with Gasteiger partial charge in [-0.1, -0.05) is 24.3 Å². The van der Waals surface area contributed by atoms with Crippen LogP contribution in [-0.2, 0) is 6.42 Å². The van der Waals surface area contributed by atoms with Crippen LogP contribution in [0, 0.1) is 0 Å². The minimum absolute atomic E-state index is 0.0584. The molecule has 3 heteroatoms. The number of nitrogens with zero attached hydrogens (tertiary/aromatic N) is 1. The average molecular weight is 269 g/mol. The third-order valence-corrected chi connectivity index (χ3v) is 3.73. The van der Waals surface area contributed by atoms with Gasteiger partial charge in [0.1, 0.15) is 0 Å². The van der Waals surface area contributed by atoms with Crippen LogP contribution in [-0.4, -0.2) is 12.5 Å². The number of carbonyl (C=O) groups is 1. The lowest BCUT2D eigenvalue weighted by Crippen LogP contribution is -2.35. The van der Waals surface area contributed by atoms with Crippen molar-refractivity contribution in [1.82, 2.24) is 0 Å². The Morgan fingerprint density at radius 3 is 2.79 bits per heavy atom. The molecule has 1 heterocycles. The molecule has 0 N–H and O–H groups in total. The monoisotopic (exact) mass is 269 g/mol. The summed E-state index contributed by atoms with van der Waals surface area (Å²) in [6.07, 6.45) is 2.07. The maximum atomic E-state index is 12.6. The Hall–Kier alpha value is -1.74. The Morgan fingerprint density at radius 2 is 1.95 bits per heavy atom. The third-order valence-electron chi connectivity index (χ3n) is 3.45. The number of aryl methyl sites for hydroxylation is 1. The molecule has 0 aromatic heterocycles. The van der Waals surface area contributed by atoms with E-state index in [0.29, 0.717) is 5.56 Å². The molecule has 0 unspecified atom stereocenters. The van der Waals surface area contributed by atoms with E-state index < -0.39 is 0 Å². The van der Waals surface area contributed by atoms with E-state index in [1.807, 2.05) is 47.4 Å². The van der Waals surface area contributed by atoms with E-state index in [4.69, 9.17) is 0 Å². The van der Waals surface area contributed by atoms with Crippen LogP contribution in [0.2, 0.25) is 0 Å². The van der Waals surface area contributed by atoms with Crippen LogP contribution in [0.15, 0.2) is 53.4 Å². The van der Waals surface area contributed by atoms with Gasteiger partial charge < -0.3 is 4.90 Å². The van der Waals surface area contributed by atoms with Crippen LogP contribution in [0.1, 0.15) is 22.3 Å². The molecule has 1 aliphatic heterocycles. The van der Waals surface area contributed by atoms with Crippen molar-refractivity contribution in [3.63, 3.8) is 0 Å². The molecule has 0 radical (unpaired) electrons. The van der Waals surface area contributed by atoms with Gasteiger partial charge in [0, 0.05) is 22.7 Å². The summed E-state index contributed by atoms with van der Waals surface area (Å²) in [5, 5.41) is 0. The summed E-state index contributed by atoms with van der Waals surface area (Å²) in [5.41, 5.74) is 3.00. The predicted octanol–water partition coefficient (Wildman–Crippen LogP) is 3.57. The van der Waals surface area contributed by atoms with Gasteiger partial charge >= 0.3 is 0 Å². The normalized spacial score (nSPS) is 14.1. The number of hydrogen-bond acceptors (Lipinski definition) is 2. The Kier molecular flexibility index (Phi) is 3.30. The molecule has 1 amide bonds. The molecule has 0 saturated carbocycles. The van der Waals surface area contributed by atoms with Gasteiger partial charge in [-0.3, -0.25) is 4.79 Å². The molecule has 1 aliphatic rings. The second kappa shape index (κ2) is 5.10. The number of thiol groups is 1. The number of rotatable bonds is 1. The van der Waals surface area contributed by atoms with Gasteiger partial charge in [0.25, 0.3) is 5.91 Å². The molecule has 0 atom stereocenters. The van der Waals surface area contributed by atoms with Crippen molar-refractivity contribution in [2.75, 3.05) is 11.4 Å². The van der Waals surface area contributed by atoms with Gasteiger partial charge in [0.15, 0.2) is 0 Å². The minimum atomic E-state index is 0.0584. The van der Waals surface area contributed by atoms with Crippen LogP contribution in [0.5, 0.6) is 0 Å². The first-order valence-electron chi connectivity index (χ1n) is 6.44. The van der Waals surface area contributed by atoms with E-state index in [1.165, 1.54) is 5.56 Å².